The fourth-order valence-corrected chi connectivity index (χ4v) is 5.86. The first kappa shape index (κ1) is 20.8. The molecule has 4 fully saturated rings. The third-order valence-electron chi connectivity index (χ3n) is 7.17. The molecule has 0 aromatic heterocycles. The van der Waals surface area contributed by atoms with Crippen molar-refractivity contribution < 1.29 is 18.9 Å². The highest BCUT2D eigenvalue weighted by molar-refractivity contribution is 5.10. The molecular formula is C24H40O4. The van der Waals surface area contributed by atoms with Gasteiger partial charge >= 0.3 is 0 Å². The average molecular weight is 393 g/mol. The smallest absolute Gasteiger partial charge is 0.168 e. The maximum absolute atomic E-state index is 6.42. The van der Waals surface area contributed by atoms with Gasteiger partial charge in [0, 0.05) is 24.2 Å². The summed E-state index contributed by atoms with van der Waals surface area (Å²) in [7, 11) is 0. The van der Waals surface area contributed by atoms with Crippen molar-refractivity contribution in [1.29, 1.82) is 0 Å². The van der Waals surface area contributed by atoms with Gasteiger partial charge in [0.05, 0.1) is 25.4 Å². The molecule has 0 amide bonds. The number of allylic oxidation sites excluding steroid dienone is 1. The fourth-order valence-electron chi connectivity index (χ4n) is 5.86. The number of hydrogen-bond donors (Lipinski definition) is 0. The van der Waals surface area contributed by atoms with Gasteiger partial charge in [0.15, 0.2) is 11.6 Å². The van der Waals surface area contributed by atoms with Crippen molar-refractivity contribution >= 4 is 0 Å². The highest BCUT2D eigenvalue weighted by Crippen LogP contribution is 2.58. The van der Waals surface area contributed by atoms with Gasteiger partial charge in [-0.2, -0.15) is 0 Å². The predicted octanol–water partition coefficient (Wildman–Crippen LogP) is 5.46. The van der Waals surface area contributed by atoms with Crippen LogP contribution in [0.2, 0.25) is 0 Å². The van der Waals surface area contributed by atoms with Crippen molar-refractivity contribution in [2.75, 3.05) is 13.2 Å². The van der Waals surface area contributed by atoms with Crippen molar-refractivity contribution in [1.82, 2.24) is 0 Å². The summed E-state index contributed by atoms with van der Waals surface area (Å²) in [5.41, 5.74) is 0.121. The monoisotopic (exact) mass is 392 g/mol. The quantitative estimate of drug-likeness (QED) is 0.460. The molecule has 2 aliphatic heterocycles. The number of fused-ring (bicyclic) bond motifs is 3. The van der Waals surface area contributed by atoms with Gasteiger partial charge in [0.2, 0.25) is 0 Å². The average Bonchev–Trinajstić information content (AvgIpc) is 3.10. The molecule has 2 heterocycles. The molecule has 28 heavy (non-hydrogen) atoms. The SMILES string of the molecule is CCCCC/C=C/[C@H]1OC(C)(C)O[C@H]2C[C@@H]3CC4(C[C@@H]3[C@H]21)OCC(C)(C)CO4. The van der Waals surface area contributed by atoms with E-state index >= 15 is 0 Å². The van der Waals surface area contributed by atoms with Crippen LogP contribution in [0.1, 0.15) is 79.6 Å². The third kappa shape index (κ3) is 4.21. The second-order valence-electron chi connectivity index (χ2n) is 10.9. The zero-order valence-corrected chi connectivity index (χ0v) is 18.5. The van der Waals surface area contributed by atoms with Crippen LogP contribution < -0.4 is 0 Å². The molecular weight excluding hydrogens is 352 g/mol. The Balaban J connectivity index is 1.46. The van der Waals surface area contributed by atoms with E-state index in [1.165, 1.54) is 19.3 Å². The van der Waals surface area contributed by atoms with Gasteiger partial charge in [-0.05, 0) is 44.9 Å². The minimum atomic E-state index is -0.502. The van der Waals surface area contributed by atoms with Gasteiger partial charge in [-0.25, -0.2) is 0 Å². The van der Waals surface area contributed by atoms with Gasteiger partial charge in [-0.3, -0.25) is 0 Å². The molecule has 5 atom stereocenters. The summed E-state index contributed by atoms with van der Waals surface area (Å²) in [4.78, 5) is 0. The Bertz CT molecular complexity index is 571. The van der Waals surface area contributed by atoms with Crippen LogP contribution in [-0.4, -0.2) is 37.0 Å². The highest BCUT2D eigenvalue weighted by Gasteiger charge is 2.61. The molecule has 4 heteroatoms. The molecule has 2 saturated heterocycles. The van der Waals surface area contributed by atoms with E-state index in [2.05, 4.69) is 46.8 Å². The van der Waals surface area contributed by atoms with Crippen molar-refractivity contribution in [3.8, 4) is 0 Å². The van der Waals surface area contributed by atoms with E-state index in [9.17, 15) is 0 Å². The topological polar surface area (TPSA) is 36.9 Å². The van der Waals surface area contributed by atoms with E-state index in [1.54, 1.807) is 0 Å². The molecule has 0 aromatic rings. The van der Waals surface area contributed by atoms with E-state index in [1.807, 2.05) is 0 Å². The molecule has 2 saturated carbocycles. The lowest BCUT2D eigenvalue weighted by Crippen LogP contribution is -2.51. The van der Waals surface area contributed by atoms with Crippen LogP contribution in [0, 0.1) is 23.2 Å². The first-order chi connectivity index (χ1) is 13.2. The Labute approximate surface area is 171 Å². The summed E-state index contributed by atoms with van der Waals surface area (Å²) in [6, 6.07) is 0. The lowest BCUT2D eigenvalue weighted by Gasteiger charge is -2.46. The number of rotatable bonds is 5. The second kappa shape index (κ2) is 7.68. The Kier molecular flexibility index (Phi) is 5.72. The molecule has 1 spiro atoms. The zero-order chi connectivity index (χ0) is 20.0. The molecule has 0 N–H and O–H groups in total. The minimum absolute atomic E-state index is 0.121. The molecule has 0 unspecified atom stereocenters. The molecule has 4 nitrogen and oxygen atoms in total. The van der Waals surface area contributed by atoms with Crippen LogP contribution in [0.25, 0.3) is 0 Å². The first-order valence-corrected chi connectivity index (χ1v) is 11.5. The van der Waals surface area contributed by atoms with Crippen molar-refractivity contribution in [2.24, 2.45) is 23.2 Å². The first-order valence-electron chi connectivity index (χ1n) is 11.5. The summed E-state index contributed by atoms with van der Waals surface area (Å²) in [6.45, 7) is 12.4. The highest BCUT2D eigenvalue weighted by atomic mass is 16.7. The standard InChI is InChI=1S/C24H40O4/c1-6-7-8-9-10-11-19-21-18-14-24(25-15-22(2,3)16-26-24)13-17(18)12-20(21)28-23(4,5)27-19/h10-11,17-21H,6-9,12-16H2,1-5H3/b11-10+/t17-,18+,19-,20+,21+/m1/s1. The van der Waals surface area contributed by atoms with Gasteiger partial charge in [0.25, 0.3) is 0 Å². The van der Waals surface area contributed by atoms with Crippen LogP contribution in [-0.2, 0) is 18.9 Å². The van der Waals surface area contributed by atoms with Crippen LogP contribution in [0.5, 0.6) is 0 Å². The lowest BCUT2D eigenvalue weighted by atomic mass is 9.85. The van der Waals surface area contributed by atoms with E-state index in [0.29, 0.717) is 23.9 Å². The Hall–Kier alpha value is -0.420. The van der Waals surface area contributed by atoms with Crippen molar-refractivity contribution in [3.63, 3.8) is 0 Å². The zero-order valence-electron chi connectivity index (χ0n) is 18.5. The molecule has 4 rings (SSSR count). The summed E-state index contributed by atoms with van der Waals surface area (Å²) >= 11 is 0. The van der Waals surface area contributed by atoms with E-state index < -0.39 is 5.79 Å². The van der Waals surface area contributed by atoms with Crippen LogP contribution in [0.4, 0.5) is 0 Å². The lowest BCUT2D eigenvalue weighted by molar-refractivity contribution is -0.319. The molecule has 0 bridgehead atoms. The second-order valence-corrected chi connectivity index (χ2v) is 10.9. The van der Waals surface area contributed by atoms with Crippen LogP contribution in [0.3, 0.4) is 0 Å². The molecule has 2 aliphatic carbocycles. The van der Waals surface area contributed by atoms with Crippen molar-refractivity contribution in [2.45, 2.75) is 103 Å². The maximum Gasteiger partial charge on any atom is 0.168 e. The molecule has 160 valence electrons. The molecule has 4 aliphatic rings. The van der Waals surface area contributed by atoms with Gasteiger partial charge in [-0.15, -0.1) is 0 Å². The third-order valence-corrected chi connectivity index (χ3v) is 7.17. The van der Waals surface area contributed by atoms with Crippen LogP contribution >= 0.6 is 0 Å². The number of unbranched alkanes of at least 4 members (excludes halogenated alkanes) is 3. The normalized spacial score (nSPS) is 40.7. The van der Waals surface area contributed by atoms with E-state index in [0.717, 1.165) is 38.9 Å². The van der Waals surface area contributed by atoms with Gasteiger partial charge in [-0.1, -0.05) is 45.8 Å². The summed E-state index contributed by atoms with van der Waals surface area (Å²) in [6.07, 6.45) is 13.2. The number of ether oxygens (including phenoxy) is 4. The Morgan fingerprint density at radius 1 is 0.964 bits per heavy atom. The number of hydrogen-bond acceptors (Lipinski definition) is 4. The van der Waals surface area contributed by atoms with Gasteiger partial charge < -0.3 is 18.9 Å². The maximum atomic E-state index is 6.42. The van der Waals surface area contributed by atoms with Crippen molar-refractivity contribution in [3.05, 3.63) is 12.2 Å². The summed E-state index contributed by atoms with van der Waals surface area (Å²) < 4.78 is 25.5. The molecule has 0 aromatic carbocycles. The Morgan fingerprint density at radius 3 is 2.43 bits per heavy atom. The van der Waals surface area contributed by atoms with E-state index in [-0.39, 0.29) is 17.3 Å². The summed E-state index contributed by atoms with van der Waals surface area (Å²) in [5.74, 6) is 0.731. The largest absolute Gasteiger partial charge is 0.349 e. The van der Waals surface area contributed by atoms with E-state index in [4.69, 9.17) is 18.9 Å². The Morgan fingerprint density at radius 2 is 1.71 bits per heavy atom. The van der Waals surface area contributed by atoms with Gasteiger partial charge in [0.1, 0.15) is 0 Å². The fraction of sp³-hybridized carbons (Fsp3) is 0.917. The summed E-state index contributed by atoms with van der Waals surface area (Å²) in [5, 5.41) is 0. The van der Waals surface area contributed by atoms with Crippen LogP contribution in [0.15, 0.2) is 12.2 Å². The predicted molar refractivity (Wildman–Crippen MR) is 110 cm³/mol. The minimum Gasteiger partial charge on any atom is -0.349 e. The molecule has 0 radical (unpaired) electrons.